The molecule has 23 heavy (non-hydrogen) atoms. The molecule has 0 aliphatic heterocycles. The summed E-state index contributed by atoms with van der Waals surface area (Å²) in [5.74, 6) is -0.827. The fourth-order valence-electron chi connectivity index (χ4n) is 2.25. The molecule has 2 aromatic carbocycles. The van der Waals surface area contributed by atoms with Crippen molar-refractivity contribution in [3.8, 4) is 0 Å². The number of hydrogen-bond acceptors (Lipinski definition) is 1. The summed E-state index contributed by atoms with van der Waals surface area (Å²) in [4.78, 5) is 10.8. The Kier molecular flexibility index (Phi) is 7.53. The van der Waals surface area contributed by atoms with Gasteiger partial charge in [-0.05, 0) is 35.4 Å². The van der Waals surface area contributed by atoms with Crippen molar-refractivity contribution in [2.45, 2.75) is 52.4 Å². The van der Waals surface area contributed by atoms with Crippen LogP contribution >= 0.6 is 0 Å². The van der Waals surface area contributed by atoms with E-state index >= 15 is 0 Å². The molecule has 0 atom stereocenters. The molecular formula is C21H28O2. The van der Waals surface area contributed by atoms with Crippen LogP contribution in [0.5, 0.6) is 0 Å². The Hall–Kier alpha value is -2.09. The maximum absolute atomic E-state index is 10.8. The summed E-state index contributed by atoms with van der Waals surface area (Å²) in [5.41, 5.74) is 3.07. The molecule has 0 amide bonds. The van der Waals surface area contributed by atoms with E-state index in [1.54, 1.807) is 12.1 Å². The SMILES string of the molecule is CC(C)(C)c1ccccc1.CCCCc1ccccc1C(=O)O. The van der Waals surface area contributed by atoms with Crippen LogP contribution in [0.15, 0.2) is 54.6 Å². The van der Waals surface area contributed by atoms with E-state index < -0.39 is 5.97 Å². The minimum absolute atomic E-state index is 0.293. The first-order valence-corrected chi connectivity index (χ1v) is 8.23. The monoisotopic (exact) mass is 312 g/mol. The molecule has 124 valence electrons. The Morgan fingerprint density at radius 1 is 0.957 bits per heavy atom. The van der Waals surface area contributed by atoms with Gasteiger partial charge in [-0.2, -0.15) is 0 Å². The van der Waals surface area contributed by atoms with Gasteiger partial charge in [-0.15, -0.1) is 0 Å². The highest BCUT2D eigenvalue weighted by Gasteiger charge is 2.11. The van der Waals surface area contributed by atoms with Gasteiger partial charge in [0, 0.05) is 0 Å². The Labute approximate surface area is 140 Å². The lowest BCUT2D eigenvalue weighted by Crippen LogP contribution is -2.10. The number of hydrogen-bond donors (Lipinski definition) is 1. The van der Waals surface area contributed by atoms with Gasteiger partial charge in [0.1, 0.15) is 0 Å². The van der Waals surface area contributed by atoms with E-state index in [0.717, 1.165) is 24.8 Å². The van der Waals surface area contributed by atoms with Crippen molar-refractivity contribution in [2.75, 3.05) is 0 Å². The molecule has 0 fully saturated rings. The van der Waals surface area contributed by atoms with Gasteiger partial charge in [0.15, 0.2) is 0 Å². The Balaban J connectivity index is 0.000000238. The molecule has 0 saturated heterocycles. The smallest absolute Gasteiger partial charge is 0.335 e. The van der Waals surface area contributed by atoms with Crippen LogP contribution in [-0.4, -0.2) is 11.1 Å². The number of benzene rings is 2. The lowest BCUT2D eigenvalue weighted by Gasteiger charge is -2.18. The summed E-state index contributed by atoms with van der Waals surface area (Å²) in [7, 11) is 0. The fraction of sp³-hybridized carbons (Fsp3) is 0.381. The van der Waals surface area contributed by atoms with Crippen LogP contribution in [0, 0.1) is 0 Å². The number of carbonyl (C=O) groups is 1. The summed E-state index contributed by atoms with van der Waals surface area (Å²) in [6, 6.07) is 17.7. The van der Waals surface area contributed by atoms with Gasteiger partial charge < -0.3 is 5.11 Å². The highest BCUT2D eigenvalue weighted by molar-refractivity contribution is 5.89. The molecule has 2 nitrogen and oxygen atoms in total. The third-order valence-corrected chi connectivity index (χ3v) is 3.69. The maximum atomic E-state index is 10.8. The Morgan fingerprint density at radius 2 is 1.52 bits per heavy atom. The van der Waals surface area contributed by atoms with E-state index in [1.807, 2.05) is 12.1 Å². The van der Waals surface area contributed by atoms with Crippen LogP contribution in [0.2, 0.25) is 0 Å². The molecule has 0 radical (unpaired) electrons. The number of rotatable bonds is 4. The molecule has 0 spiro atoms. The van der Waals surface area contributed by atoms with Crippen molar-refractivity contribution in [1.82, 2.24) is 0 Å². The third-order valence-electron chi connectivity index (χ3n) is 3.69. The highest BCUT2D eigenvalue weighted by atomic mass is 16.4. The van der Waals surface area contributed by atoms with Crippen LogP contribution in [-0.2, 0) is 11.8 Å². The highest BCUT2D eigenvalue weighted by Crippen LogP contribution is 2.20. The number of carboxylic acids is 1. The van der Waals surface area contributed by atoms with Gasteiger partial charge >= 0.3 is 5.97 Å². The molecular weight excluding hydrogens is 284 g/mol. The van der Waals surface area contributed by atoms with E-state index in [-0.39, 0.29) is 0 Å². The first-order valence-electron chi connectivity index (χ1n) is 8.23. The second-order valence-corrected chi connectivity index (χ2v) is 6.68. The maximum Gasteiger partial charge on any atom is 0.335 e. The van der Waals surface area contributed by atoms with E-state index in [2.05, 4.69) is 58.0 Å². The van der Waals surface area contributed by atoms with Crippen LogP contribution < -0.4 is 0 Å². The molecule has 0 aliphatic carbocycles. The lowest BCUT2D eigenvalue weighted by atomic mass is 9.87. The molecule has 0 saturated carbocycles. The minimum atomic E-state index is -0.827. The molecule has 0 aromatic heterocycles. The van der Waals surface area contributed by atoms with E-state index in [4.69, 9.17) is 5.11 Å². The van der Waals surface area contributed by atoms with Crippen molar-refractivity contribution in [3.63, 3.8) is 0 Å². The summed E-state index contributed by atoms with van der Waals surface area (Å²) in [6.07, 6.45) is 3.00. The molecule has 0 heterocycles. The molecule has 2 aromatic rings. The van der Waals surface area contributed by atoms with E-state index in [0.29, 0.717) is 11.0 Å². The zero-order valence-corrected chi connectivity index (χ0v) is 14.7. The zero-order chi connectivity index (χ0) is 17.3. The Morgan fingerprint density at radius 3 is 2.00 bits per heavy atom. The van der Waals surface area contributed by atoms with Gasteiger partial charge in [-0.3, -0.25) is 0 Å². The van der Waals surface area contributed by atoms with Crippen molar-refractivity contribution in [1.29, 1.82) is 0 Å². The average molecular weight is 312 g/mol. The van der Waals surface area contributed by atoms with E-state index in [1.165, 1.54) is 5.56 Å². The van der Waals surface area contributed by atoms with Crippen molar-refractivity contribution < 1.29 is 9.90 Å². The van der Waals surface area contributed by atoms with Crippen LogP contribution in [0.1, 0.15) is 62.0 Å². The number of carboxylic acid groups (broad SMARTS) is 1. The van der Waals surface area contributed by atoms with Crippen molar-refractivity contribution >= 4 is 5.97 Å². The predicted octanol–water partition coefficient (Wildman–Crippen LogP) is 5.71. The fourth-order valence-corrected chi connectivity index (χ4v) is 2.25. The van der Waals surface area contributed by atoms with Gasteiger partial charge in [0.25, 0.3) is 0 Å². The van der Waals surface area contributed by atoms with Crippen molar-refractivity contribution in [3.05, 3.63) is 71.3 Å². The zero-order valence-electron chi connectivity index (χ0n) is 14.7. The van der Waals surface area contributed by atoms with E-state index in [9.17, 15) is 4.79 Å². The summed E-state index contributed by atoms with van der Waals surface area (Å²) in [6.45, 7) is 8.77. The van der Waals surface area contributed by atoms with Gasteiger partial charge in [0.05, 0.1) is 5.56 Å². The first-order chi connectivity index (χ1) is 10.9. The second-order valence-electron chi connectivity index (χ2n) is 6.68. The van der Waals surface area contributed by atoms with Gasteiger partial charge in [-0.25, -0.2) is 4.79 Å². The predicted molar refractivity (Wildman–Crippen MR) is 97.2 cm³/mol. The van der Waals surface area contributed by atoms with Crippen LogP contribution in [0.3, 0.4) is 0 Å². The number of aromatic carboxylic acids is 1. The third kappa shape index (κ3) is 6.68. The quantitative estimate of drug-likeness (QED) is 0.785. The first kappa shape index (κ1) is 19.0. The summed E-state index contributed by atoms with van der Waals surface area (Å²) in [5, 5.41) is 8.86. The van der Waals surface area contributed by atoms with Crippen molar-refractivity contribution in [2.24, 2.45) is 0 Å². The van der Waals surface area contributed by atoms with Gasteiger partial charge in [0.2, 0.25) is 0 Å². The second kappa shape index (κ2) is 9.14. The lowest BCUT2D eigenvalue weighted by molar-refractivity contribution is 0.0695. The normalized spacial score (nSPS) is 10.6. The summed E-state index contributed by atoms with van der Waals surface area (Å²) < 4.78 is 0. The Bertz CT molecular complexity index is 595. The molecule has 2 heteroatoms. The largest absolute Gasteiger partial charge is 0.478 e. The molecule has 1 N–H and O–H groups in total. The minimum Gasteiger partial charge on any atom is -0.478 e. The molecule has 0 aliphatic rings. The van der Waals surface area contributed by atoms with Gasteiger partial charge in [-0.1, -0.05) is 82.6 Å². The van der Waals surface area contributed by atoms with Crippen LogP contribution in [0.4, 0.5) is 0 Å². The number of unbranched alkanes of at least 4 members (excludes halogenated alkanes) is 1. The molecule has 2 rings (SSSR count). The standard InChI is InChI=1S/C11H14O2.C10H14/c1-2-3-6-9-7-4-5-8-10(9)11(12)13;1-10(2,3)9-7-5-4-6-8-9/h4-5,7-8H,2-3,6H2,1H3,(H,12,13);4-8H,1-3H3. The number of aryl methyl sites for hydroxylation is 1. The van der Waals surface area contributed by atoms with Crippen LogP contribution in [0.25, 0.3) is 0 Å². The molecule has 0 bridgehead atoms. The average Bonchev–Trinajstić information content (AvgIpc) is 2.54. The summed E-state index contributed by atoms with van der Waals surface area (Å²) >= 11 is 0. The molecule has 0 unspecified atom stereocenters. The topological polar surface area (TPSA) is 37.3 Å².